The summed E-state index contributed by atoms with van der Waals surface area (Å²) in [5.74, 6) is 0. The van der Waals surface area contributed by atoms with Gasteiger partial charge in [-0.1, -0.05) is 0 Å². The van der Waals surface area contributed by atoms with E-state index in [1.165, 1.54) is 0 Å². The number of aryl methyl sites for hydroxylation is 3. The Morgan fingerprint density at radius 1 is 1.33 bits per heavy atom. The number of hydrogen-bond acceptors (Lipinski definition) is 3. The fourth-order valence-electron chi connectivity index (χ4n) is 2.10. The lowest BCUT2D eigenvalue weighted by Gasteiger charge is -2.12. The fourth-order valence-corrected chi connectivity index (χ4v) is 2.60. The maximum atomic E-state index is 6.27. The summed E-state index contributed by atoms with van der Waals surface area (Å²) < 4.78 is 4.77. The Morgan fingerprint density at radius 2 is 2.00 bits per heavy atom. The minimum absolute atomic E-state index is 0.0650. The summed E-state index contributed by atoms with van der Waals surface area (Å²) >= 11 is 3.57. The Morgan fingerprint density at radius 3 is 2.44 bits per heavy atom. The van der Waals surface area contributed by atoms with E-state index in [1.807, 2.05) is 43.5 Å². The summed E-state index contributed by atoms with van der Waals surface area (Å²) in [5.41, 5.74) is 10.6. The summed E-state index contributed by atoms with van der Waals surface area (Å²) in [7, 11) is 3.87. The average molecular weight is 312 g/mol. The van der Waals surface area contributed by atoms with Gasteiger partial charge in [0, 0.05) is 37.8 Å². The molecule has 0 saturated heterocycles. The lowest BCUT2D eigenvalue weighted by atomic mass is 10.0. The monoisotopic (exact) mass is 311 g/mol. The van der Waals surface area contributed by atoms with E-state index in [1.54, 1.807) is 0 Å². The molecule has 6 heteroatoms. The first kappa shape index (κ1) is 13.3. The van der Waals surface area contributed by atoms with Crippen molar-refractivity contribution in [1.29, 1.82) is 0 Å². The molecule has 2 rings (SSSR count). The van der Waals surface area contributed by atoms with Crippen molar-refractivity contribution >= 4 is 15.9 Å². The van der Waals surface area contributed by atoms with Gasteiger partial charge >= 0.3 is 0 Å². The number of nitrogens with two attached hydrogens (primary N) is 1. The molecule has 0 amide bonds. The van der Waals surface area contributed by atoms with Crippen LogP contribution in [0.2, 0.25) is 0 Å². The molecule has 2 heterocycles. The standard InChI is InChI=1S/C12H18BrN5/c1-7-12(13)11(18(4)16-7)5-10(14)9-6-15-17(3)8(9)2/h6,10H,5,14H2,1-4H3. The van der Waals surface area contributed by atoms with Crippen molar-refractivity contribution in [3.8, 4) is 0 Å². The number of halogens is 1. The number of aromatic nitrogens is 4. The highest BCUT2D eigenvalue weighted by molar-refractivity contribution is 9.10. The van der Waals surface area contributed by atoms with Gasteiger partial charge in [-0.25, -0.2) is 0 Å². The quantitative estimate of drug-likeness (QED) is 0.939. The van der Waals surface area contributed by atoms with E-state index in [0.717, 1.165) is 33.5 Å². The van der Waals surface area contributed by atoms with Gasteiger partial charge < -0.3 is 5.73 Å². The van der Waals surface area contributed by atoms with E-state index < -0.39 is 0 Å². The Kier molecular flexibility index (Phi) is 3.59. The SMILES string of the molecule is Cc1nn(C)c(CC(N)c2cnn(C)c2C)c1Br. The van der Waals surface area contributed by atoms with Gasteiger partial charge in [0.2, 0.25) is 0 Å². The van der Waals surface area contributed by atoms with Gasteiger partial charge in [0.1, 0.15) is 0 Å². The van der Waals surface area contributed by atoms with Crippen LogP contribution in [0.3, 0.4) is 0 Å². The van der Waals surface area contributed by atoms with Crippen LogP contribution in [-0.2, 0) is 20.5 Å². The van der Waals surface area contributed by atoms with E-state index in [0.29, 0.717) is 0 Å². The summed E-state index contributed by atoms with van der Waals surface area (Å²) in [6.07, 6.45) is 2.58. The maximum Gasteiger partial charge on any atom is 0.0738 e. The Bertz CT molecular complexity index is 569. The summed E-state index contributed by atoms with van der Waals surface area (Å²) in [4.78, 5) is 0. The van der Waals surface area contributed by atoms with Gasteiger partial charge in [0.05, 0.1) is 22.1 Å². The van der Waals surface area contributed by atoms with E-state index in [-0.39, 0.29) is 6.04 Å². The van der Waals surface area contributed by atoms with E-state index >= 15 is 0 Å². The van der Waals surface area contributed by atoms with Gasteiger partial charge in [-0.2, -0.15) is 10.2 Å². The van der Waals surface area contributed by atoms with Gasteiger partial charge in [-0.05, 0) is 29.8 Å². The second-order valence-electron chi connectivity index (χ2n) is 4.59. The summed E-state index contributed by atoms with van der Waals surface area (Å²) in [5, 5.41) is 8.61. The average Bonchev–Trinajstić information content (AvgIpc) is 2.75. The van der Waals surface area contributed by atoms with E-state index in [4.69, 9.17) is 5.73 Å². The molecule has 0 spiro atoms. The third-order valence-corrected chi connectivity index (χ3v) is 4.38. The highest BCUT2D eigenvalue weighted by atomic mass is 79.9. The molecular formula is C12H18BrN5. The Hall–Kier alpha value is -1.14. The highest BCUT2D eigenvalue weighted by Crippen LogP contribution is 2.25. The van der Waals surface area contributed by atoms with Crippen LogP contribution >= 0.6 is 15.9 Å². The van der Waals surface area contributed by atoms with Crippen molar-refractivity contribution in [2.24, 2.45) is 19.8 Å². The van der Waals surface area contributed by atoms with Crippen LogP contribution in [0.4, 0.5) is 0 Å². The first-order chi connectivity index (χ1) is 8.41. The van der Waals surface area contributed by atoms with Gasteiger partial charge in [-0.3, -0.25) is 9.36 Å². The lowest BCUT2D eigenvalue weighted by molar-refractivity contribution is 0.634. The van der Waals surface area contributed by atoms with Crippen LogP contribution in [0, 0.1) is 13.8 Å². The van der Waals surface area contributed by atoms with Crippen molar-refractivity contribution < 1.29 is 0 Å². The van der Waals surface area contributed by atoms with Crippen molar-refractivity contribution in [3.63, 3.8) is 0 Å². The maximum absolute atomic E-state index is 6.27. The molecule has 0 aliphatic carbocycles. The predicted molar refractivity (Wildman–Crippen MR) is 74.2 cm³/mol. The molecule has 0 radical (unpaired) electrons. The van der Waals surface area contributed by atoms with Crippen LogP contribution in [0.1, 0.15) is 28.7 Å². The Balaban J connectivity index is 2.26. The third kappa shape index (κ3) is 2.22. The van der Waals surface area contributed by atoms with Gasteiger partial charge in [-0.15, -0.1) is 0 Å². The second kappa shape index (κ2) is 4.85. The van der Waals surface area contributed by atoms with Gasteiger partial charge in [0.25, 0.3) is 0 Å². The van der Waals surface area contributed by atoms with Crippen LogP contribution in [0.15, 0.2) is 10.7 Å². The van der Waals surface area contributed by atoms with Crippen LogP contribution < -0.4 is 5.73 Å². The number of hydrogen-bond donors (Lipinski definition) is 1. The lowest BCUT2D eigenvalue weighted by Crippen LogP contribution is -2.16. The number of nitrogens with zero attached hydrogens (tertiary/aromatic N) is 4. The molecule has 98 valence electrons. The summed E-state index contributed by atoms with van der Waals surface area (Å²) in [6, 6.07) is -0.0650. The van der Waals surface area contributed by atoms with Gasteiger partial charge in [0.15, 0.2) is 0 Å². The molecule has 0 fully saturated rings. The Labute approximate surface area is 115 Å². The van der Waals surface area contributed by atoms with Crippen molar-refractivity contribution in [2.75, 3.05) is 0 Å². The topological polar surface area (TPSA) is 61.7 Å². The molecule has 1 unspecified atom stereocenters. The molecule has 1 atom stereocenters. The molecule has 0 aromatic carbocycles. The zero-order chi connectivity index (χ0) is 13.4. The molecule has 0 bridgehead atoms. The van der Waals surface area contributed by atoms with E-state index in [9.17, 15) is 0 Å². The molecule has 18 heavy (non-hydrogen) atoms. The van der Waals surface area contributed by atoms with E-state index in [2.05, 4.69) is 26.1 Å². The molecule has 0 saturated carbocycles. The molecule has 0 aliphatic rings. The minimum atomic E-state index is -0.0650. The second-order valence-corrected chi connectivity index (χ2v) is 5.38. The number of rotatable bonds is 3. The normalized spacial score (nSPS) is 13.0. The zero-order valence-electron chi connectivity index (χ0n) is 11.1. The molecule has 5 nitrogen and oxygen atoms in total. The minimum Gasteiger partial charge on any atom is -0.324 e. The van der Waals surface area contributed by atoms with Crippen molar-refractivity contribution in [1.82, 2.24) is 19.6 Å². The van der Waals surface area contributed by atoms with Crippen LogP contribution in [-0.4, -0.2) is 19.6 Å². The molecular weight excluding hydrogens is 294 g/mol. The van der Waals surface area contributed by atoms with Crippen LogP contribution in [0.25, 0.3) is 0 Å². The molecule has 2 aromatic rings. The predicted octanol–water partition coefficient (Wildman–Crippen LogP) is 1.78. The fraction of sp³-hybridized carbons (Fsp3) is 0.500. The first-order valence-electron chi connectivity index (χ1n) is 5.83. The van der Waals surface area contributed by atoms with Crippen molar-refractivity contribution in [3.05, 3.63) is 33.3 Å². The zero-order valence-corrected chi connectivity index (χ0v) is 12.7. The van der Waals surface area contributed by atoms with Crippen LogP contribution in [0.5, 0.6) is 0 Å². The third-order valence-electron chi connectivity index (χ3n) is 3.35. The highest BCUT2D eigenvalue weighted by Gasteiger charge is 2.18. The molecule has 2 N–H and O–H groups in total. The summed E-state index contributed by atoms with van der Waals surface area (Å²) in [6.45, 7) is 4.01. The smallest absolute Gasteiger partial charge is 0.0738 e. The molecule has 0 aliphatic heterocycles. The van der Waals surface area contributed by atoms with Crippen molar-refractivity contribution in [2.45, 2.75) is 26.3 Å². The first-order valence-corrected chi connectivity index (χ1v) is 6.63. The molecule has 2 aromatic heterocycles. The largest absolute Gasteiger partial charge is 0.324 e.